The van der Waals surface area contributed by atoms with Crippen LogP contribution in [0, 0.1) is 6.92 Å². The predicted molar refractivity (Wildman–Crippen MR) is 87.6 cm³/mol. The summed E-state index contributed by atoms with van der Waals surface area (Å²) in [6.07, 6.45) is 1.47. The fraction of sp³-hybridized carbons (Fsp3) is 0.278. The maximum Gasteiger partial charge on any atom is 0.345 e. The number of hydrogen-bond acceptors (Lipinski definition) is 4. The first-order chi connectivity index (χ1) is 11.0. The molecule has 0 fully saturated rings. The van der Waals surface area contributed by atoms with Gasteiger partial charge in [0.1, 0.15) is 5.75 Å². The average molecular weight is 312 g/mol. The number of amides is 1. The van der Waals surface area contributed by atoms with Crippen LogP contribution >= 0.6 is 0 Å². The second kappa shape index (κ2) is 7.54. The van der Waals surface area contributed by atoms with Crippen molar-refractivity contribution in [2.45, 2.75) is 20.8 Å². The van der Waals surface area contributed by atoms with E-state index in [1.165, 1.54) is 6.20 Å². The van der Waals surface area contributed by atoms with Crippen molar-refractivity contribution in [2.24, 2.45) is 0 Å². The quantitative estimate of drug-likeness (QED) is 0.629. The lowest BCUT2D eigenvalue weighted by Gasteiger charge is -2.18. The van der Waals surface area contributed by atoms with Crippen LogP contribution < -0.4 is 4.74 Å². The normalized spacial score (nSPS) is 10.2. The van der Waals surface area contributed by atoms with Crippen molar-refractivity contribution in [3.05, 3.63) is 59.4 Å². The summed E-state index contributed by atoms with van der Waals surface area (Å²) in [5.74, 6) is -0.233. The number of rotatable bonds is 5. The summed E-state index contributed by atoms with van der Waals surface area (Å²) in [5, 5.41) is 0. The Bertz CT molecular complexity index is 692. The monoisotopic (exact) mass is 312 g/mol. The number of carbonyl (C=O) groups is 2. The predicted octanol–water partition coefficient (Wildman–Crippen LogP) is 3.09. The molecule has 0 bridgehead atoms. The molecule has 1 amide bonds. The minimum absolute atomic E-state index is 0.0788. The summed E-state index contributed by atoms with van der Waals surface area (Å²) in [5.41, 5.74) is 1.70. The zero-order valence-electron chi connectivity index (χ0n) is 13.6. The third kappa shape index (κ3) is 4.16. The Morgan fingerprint density at radius 1 is 1.09 bits per heavy atom. The van der Waals surface area contributed by atoms with Gasteiger partial charge >= 0.3 is 5.97 Å². The number of benzene rings is 1. The molecule has 0 atom stereocenters. The molecule has 1 aromatic heterocycles. The SMILES string of the molecule is CCN(CC)C(=O)c1cccc(OC(=O)c2ccc(C)nc2)c1. The van der Waals surface area contributed by atoms with Gasteiger partial charge in [0.15, 0.2) is 0 Å². The van der Waals surface area contributed by atoms with Crippen LogP contribution in [0.15, 0.2) is 42.6 Å². The molecule has 0 aliphatic carbocycles. The summed E-state index contributed by atoms with van der Waals surface area (Å²) in [4.78, 5) is 30.2. The van der Waals surface area contributed by atoms with Crippen molar-refractivity contribution in [2.75, 3.05) is 13.1 Å². The molecule has 1 aromatic carbocycles. The molecule has 0 aliphatic heterocycles. The van der Waals surface area contributed by atoms with Gasteiger partial charge in [0.05, 0.1) is 5.56 Å². The van der Waals surface area contributed by atoms with Gasteiger partial charge < -0.3 is 9.64 Å². The minimum atomic E-state index is -0.495. The summed E-state index contributed by atoms with van der Waals surface area (Å²) < 4.78 is 5.33. The highest BCUT2D eigenvalue weighted by molar-refractivity contribution is 5.95. The largest absolute Gasteiger partial charge is 0.423 e. The zero-order valence-corrected chi connectivity index (χ0v) is 13.6. The molecule has 0 saturated heterocycles. The molecule has 5 heteroatoms. The molecular formula is C18H20N2O3. The Kier molecular flexibility index (Phi) is 5.46. The molecule has 0 aliphatic rings. The fourth-order valence-corrected chi connectivity index (χ4v) is 2.14. The van der Waals surface area contributed by atoms with Gasteiger partial charge in [-0.05, 0) is 51.1 Å². The smallest absolute Gasteiger partial charge is 0.345 e. The van der Waals surface area contributed by atoms with Gasteiger partial charge in [0.2, 0.25) is 0 Å². The van der Waals surface area contributed by atoms with Gasteiger partial charge in [-0.25, -0.2) is 4.79 Å². The second-order valence-corrected chi connectivity index (χ2v) is 5.08. The van der Waals surface area contributed by atoms with Crippen LogP contribution in [-0.2, 0) is 0 Å². The van der Waals surface area contributed by atoms with E-state index < -0.39 is 5.97 Å². The van der Waals surface area contributed by atoms with Gasteiger partial charge in [0.25, 0.3) is 5.91 Å². The summed E-state index contributed by atoms with van der Waals surface area (Å²) in [7, 11) is 0. The van der Waals surface area contributed by atoms with Crippen molar-refractivity contribution in [3.8, 4) is 5.75 Å². The van der Waals surface area contributed by atoms with Gasteiger partial charge in [-0.15, -0.1) is 0 Å². The molecular weight excluding hydrogens is 292 g/mol. The van der Waals surface area contributed by atoms with Gasteiger partial charge in [0, 0.05) is 30.5 Å². The zero-order chi connectivity index (χ0) is 16.8. The second-order valence-electron chi connectivity index (χ2n) is 5.08. The number of carbonyl (C=O) groups excluding carboxylic acids is 2. The Morgan fingerprint density at radius 2 is 1.83 bits per heavy atom. The van der Waals surface area contributed by atoms with E-state index in [0.29, 0.717) is 30.0 Å². The van der Waals surface area contributed by atoms with Crippen molar-refractivity contribution in [1.82, 2.24) is 9.88 Å². The van der Waals surface area contributed by atoms with E-state index in [1.807, 2.05) is 20.8 Å². The van der Waals surface area contributed by atoms with E-state index in [-0.39, 0.29) is 5.91 Å². The molecule has 0 spiro atoms. The summed E-state index contributed by atoms with van der Waals surface area (Å²) >= 11 is 0. The maximum atomic E-state index is 12.3. The molecule has 120 valence electrons. The Labute approximate surface area is 135 Å². The topological polar surface area (TPSA) is 59.5 Å². The van der Waals surface area contributed by atoms with Crippen molar-refractivity contribution in [1.29, 1.82) is 0 Å². The van der Waals surface area contributed by atoms with Crippen molar-refractivity contribution >= 4 is 11.9 Å². The van der Waals surface area contributed by atoms with E-state index in [4.69, 9.17) is 4.74 Å². The Hall–Kier alpha value is -2.69. The van der Waals surface area contributed by atoms with E-state index in [2.05, 4.69) is 4.98 Å². The summed E-state index contributed by atoms with van der Waals surface area (Å²) in [6, 6.07) is 10.1. The van der Waals surface area contributed by atoms with E-state index >= 15 is 0 Å². The lowest BCUT2D eigenvalue weighted by Crippen LogP contribution is -2.30. The van der Waals surface area contributed by atoms with Gasteiger partial charge in [-0.1, -0.05) is 6.07 Å². The number of ether oxygens (including phenoxy) is 1. The Morgan fingerprint density at radius 3 is 2.43 bits per heavy atom. The van der Waals surface area contributed by atoms with E-state index in [1.54, 1.807) is 41.3 Å². The molecule has 0 radical (unpaired) electrons. The molecule has 0 unspecified atom stereocenters. The Balaban J connectivity index is 2.15. The van der Waals surface area contributed by atoms with Crippen LogP contribution in [0.5, 0.6) is 5.75 Å². The van der Waals surface area contributed by atoms with Crippen LogP contribution in [0.25, 0.3) is 0 Å². The number of aromatic nitrogens is 1. The van der Waals surface area contributed by atoms with Crippen LogP contribution in [0.4, 0.5) is 0 Å². The average Bonchev–Trinajstić information content (AvgIpc) is 2.56. The minimum Gasteiger partial charge on any atom is -0.423 e. The van der Waals surface area contributed by atoms with Crippen molar-refractivity contribution < 1.29 is 14.3 Å². The highest BCUT2D eigenvalue weighted by atomic mass is 16.5. The number of aryl methyl sites for hydroxylation is 1. The van der Waals surface area contributed by atoms with E-state index in [9.17, 15) is 9.59 Å². The lowest BCUT2D eigenvalue weighted by atomic mass is 10.2. The molecule has 2 rings (SSSR count). The highest BCUT2D eigenvalue weighted by Gasteiger charge is 2.14. The number of esters is 1. The first-order valence-electron chi connectivity index (χ1n) is 7.59. The lowest BCUT2D eigenvalue weighted by molar-refractivity contribution is 0.0726. The van der Waals surface area contributed by atoms with Crippen LogP contribution in [0.1, 0.15) is 40.3 Å². The van der Waals surface area contributed by atoms with Gasteiger partial charge in [-0.3, -0.25) is 9.78 Å². The van der Waals surface area contributed by atoms with Crippen LogP contribution in [0.3, 0.4) is 0 Å². The van der Waals surface area contributed by atoms with Crippen LogP contribution in [0.2, 0.25) is 0 Å². The fourth-order valence-electron chi connectivity index (χ4n) is 2.14. The van der Waals surface area contributed by atoms with E-state index in [0.717, 1.165) is 5.69 Å². The maximum absolute atomic E-state index is 12.3. The highest BCUT2D eigenvalue weighted by Crippen LogP contribution is 2.16. The molecule has 23 heavy (non-hydrogen) atoms. The number of pyridine rings is 1. The first kappa shape index (κ1) is 16.7. The standard InChI is InChI=1S/C18H20N2O3/c1-4-20(5-2)17(21)14-7-6-8-16(11-14)23-18(22)15-10-9-13(3)19-12-15/h6-12H,4-5H2,1-3H3. The third-order valence-corrected chi connectivity index (χ3v) is 3.49. The molecule has 1 heterocycles. The molecule has 2 aromatic rings. The van der Waals surface area contributed by atoms with Gasteiger partial charge in [-0.2, -0.15) is 0 Å². The number of nitrogens with zero attached hydrogens (tertiary/aromatic N) is 2. The number of hydrogen-bond donors (Lipinski definition) is 0. The summed E-state index contributed by atoms with van der Waals surface area (Å²) in [6.45, 7) is 6.96. The third-order valence-electron chi connectivity index (χ3n) is 3.49. The molecule has 5 nitrogen and oxygen atoms in total. The molecule has 0 N–H and O–H groups in total. The van der Waals surface area contributed by atoms with Crippen LogP contribution in [-0.4, -0.2) is 34.8 Å². The first-order valence-corrected chi connectivity index (χ1v) is 7.59. The molecule has 0 saturated carbocycles. The van der Waals surface area contributed by atoms with Crippen molar-refractivity contribution in [3.63, 3.8) is 0 Å².